The van der Waals surface area contributed by atoms with Gasteiger partial charge in [-0.1, -0.05) is 12.1 Å². The molecule has 2 amide bonds. The maximum absolute atomic E-state index is 12.4. The lowest BCUT2D eigenvalue weighted by Gasteiger charge is -2.20. The van der Waals surface area contributed by atoms with Crippen LogP contribution in [-0.4, -0.2) is 45.4 Å². The van der Waals surface area contributed by atoms with Crippen molar-refractivity contribution in [2.45, 2.75) is 25.3 Å². The van der Waals surface area contributed by atoms with E-state index >= 15 is 0 Å². The summed E-state index contributed by atoms with van der Waals surface area (Å²) in [4.78, 5) is 24.3. The second-order valence-corrected chi connectivity index (χ2v) is 7.87. The summed E-state index contributed by atoms with van der Waals surface area (Å²) in [5.74, 6) is -0.166. The summed E-state index contributed by atoms with van der Waals surface area (Å²) >= 11 is 0. The van der Waals surface area contributed by atoms with Crippen molar-refractivity contribution in [2.75, 3.05) is 25.6 Å². The van der Waals surface area contributed by atoms with Gasteiger partial charge in [0, 0.05) is 39.7 Å². The van der Waals surface area contributed by atoms with Crippen LogP contribution >= 0.6 is 0 Å². The van der Waals surface area contributed by atoms with Crippen LogP contribution in [0.1, 0.15) is 19.4 Å². The number of nitrogens with one attached hydrogen (secondary N) is 1. The van der Waals surface area contributed by atoms with Crippen molar-refractivity contribution in [3.05, 3.63) is 54.1 Å². The summed E-state index contributed by atoms with van der Waals surface area (Å²) in [7, 11) is -2.45. The number of amides is 2. The van der Waals surface area contributed by atoms with Crippen LogP contribution < -0.4 is 9.50 Å². The van der Waals surface area contributed by atoms with Crippen molar-refractivity contribution in [1.29, 1.82) is 0 Å². The molecule has 2 rings (SSSR count). The highest BCUT2D eigenvalue weighted by Crippen LogP contribution is 2.21. The second kappa shape index (κ2) is 10.0. The summed E-state index contributed by atoms with van der Waals surface area (Å²) in [5, 5.41) is 2.57. The zero-order chi connectivity index (χ0) is 21.4. The maximum Gasteiger partial charge on any atom is 0.339 e. The Bertz CT molecular complexity index is 940. The molecule has 1 N–H and O–H groups in total. The SMILES string of the molecule is COCCN(Cc1ccc(OS(=O)(=O)c2ccc(NC(C)=O)cc2)cc1)C(C)=O. The van der Waals surface area contributed by atoms with Crippen LogP contribution in [0.15, 0.2) is 53.4 Å². The number of benzene rings is 2. The Morgan fingerprint density at radius 2 is 1.62 bits per heavy atom. The van der Waals surface area contributed by atoms with Gasteiger partial charge < -0.3 is 19.1 Å². The fourth-order valence-electron chi connectivity index (χ4n) is 2.50. The van der Waals surface area contributed by atoms with Crippen LogP contribution in [0.25, 0.3) is 0 Å². The highest BCUT2D eigenvalue weighted by molar-refractivity contribution is 7.87. The van der Waals surface area contributed by atoms with E-state index in [1.807, 2.05) is 0 Å². The molecule has 0 unspecified atom stereocenters. The normalized spacial score (nSPS) is 11.0. The van der Waals surface area contributed by atoms with Crippen LogP contribution in [-0.2, 0) is 31.0 Å². The predicted molar refractivity (Wildman–Crippen MR) is 108 cm³/mol. The number of anilines is 1. The lowest BCUT2D eigenvalue weighted by molar-refractivity contribution is -0.130. The standard InChI is InChI=1S/C20H24N2O6S/c1-15(23)21-18-6-10-20(11-7-18)29(25,26)28-19-8-4-17(5-9-19)14-22(16(2)24)12-13-27-3/h4-11H,12-14H2,1-3H3,(H,21,23). The lowest BCUT2D eigenvalue weighted by atomic mass is 10.2. The second-order valence-electron chi connectivity index (χ2n) is 6.32. The highest BCUT2D eigenvalue weighted by Gasteiger charge is 2.17. The molecule has 0 bridgehead atoms. The third-order valence-corrected chi connectivity index (χ3v) is 5.24. The molecule has 8 nitrogen and oxygen atoms in total. The van der Waals surface area contributed by atoms with E-state index in [1.165, 1.54) is 50.2 Å². The van der Waals surface area contributed by atoms with E-state index in [4.69, 9.17) is 8.92 Å². The van der Waals surface area contributed by atoms with Gasteiger partial charge in [-0.15, -0.1) is 0 Å². The minimum atomic E-state index is -4.01. The van der Waals surface area contributed by atoms with Crippen LogP contribution in [0, 0.1) is 0 Å². The number of ether oxygens (including phenoxy) is 1. The molecule has 0 spiro atoms. The first-order chi connectivity index (χ1) is 13.7. The van der Waals surface area contributed by atoms with Crippen LogP contribution in [0.3, 0.4) is 0 Å². The summed E-state index contributed by atoms with van der Waals surface area (Å²) in [5.41, 5.74) is 1.32. The van der Waals surface area contributed by atoms with Crippen LogP contribution in [0.5, 0.6) is 5.75 Å². The molecule has 2 aromatic carbocycles. The quantitative estimate of drug-likeness (QED) is 0.625. The molecular weight excluding hydrogens is 396 g/mol. The van der Waals surface area contributed by atoms with Gasteiger partial charge in [-0.05, 0) is 42.0 Å². The van der Waals surface area contributed by atoms with Gasteiger partial charge in [0.1, 0.15) is 10.6 Å². The number of hydrogen-bond donors (Lipinski definition) is 1. The molecule has 2 aromatic rings. The zero-order valence-electron chi connectivity index (χ0n) is 16.5. The van der Waals surface area contributed by atoms with E-state index in [2.05, 4.69) is 5.32 Å². The van der Waals surface area contributed by atoms with Crippen molar-refractivity contribution < 1.29 is 26.9 Å². The molecule has 156 valence electrons. The smallest absolute Gasteiger partial charge is 0.339 e. The Balaban J connectivity index is 2.05. The number of methoxy groups -OCH3 is 1. The topological polar surface area (TPSA) is 102 Å². The molecule has 0 atom stereocenters. The molecule has 0 radical (unpaired) electrons. The fourth-order valence-corrected chi connectivity index (χ4v) is 3.43. The van der Waals surface area contributed by atoms with E-state index in [-0.39, 0.29) is 22.5 Å². The highest BCUT2D eigenvalue weighted by atomic mass is 32.2. The average Bonchev–Trinajstić information content (AvgIpc) is 2.66. The predicted octanol–water partition coefficient (Wildman–Crippen LogP) is 2.41. The fraction of sp³-hybridized carbons (Fsp3) is 0.300. The van der Waals surface area contributed by atoms with Crippen molar-refractivity contribution in [3.63, 3.8) is 0 Å². The van der Waals surface area contributed by atoms with Gasteiger partial charge in [-0.3, -0.25) is 9.59 Å². The van der Waals surface area contributed by atoms with Gasteiger partial charge in [-0.25, -0.2) is 0 Å². The first-order valence-electron chi connectivity index (χ1n) is 8.87. The zero-order valence-corrected chi connectivity index (χ0v) is 17.4. The van der Waals surface area contributed by atoms with Crippen molar-refractivity contribution >= 4 is 27.6 Å². The largest absolute Gasteiger partial charge is 0.383 e. The first-order valence-corrected chi connectivity index (χ1v) is 10.3. The summed E-state index contributed by atoms with van der Waals surface area (Å²) in [6.45, 7) is 4.13. The van der Waals surface area contributed by atoms with Crippen LogP contribution in [0.4, 0.5) is 5.69 Å². The van der Waals surface area contributed by atoms with Gasteiger partial charge >= 0.3 is 10.1 Å². The Morgan fingerprint density at radius 1 is 1.00 bits per heavy atom. The van der Waals surface area contributed by atoms with E-state index in [9.17, 15) is 18.0 Å². The van der Waals surface area contributed by atoms with Gasteiger partial charge in [0.25, 0.3) is 0 Å². The van der Waals surface area contributed by atoms with Crippen molar-refractivity contribution in [1.82, 2.24) is 4.90 Å². The molecule has 0 saturated heterocycles. The third-order valence-electron chi connectivity index (χ3n) is 3.98. The van der Waals surface area contributed by atoms with Gasteiger partial charge in [-0.2, -0.15) is 8.42 Å². The molecule has 0 aliphatic carbocycles. The molecular formula is C20H24N2O6S. The molecule has 0 saturated carbocycles. The minimum absolute atomic E-state index is 0.0296. The van der Waals surface area contributed by atoms with Crippen molar-refractivity contribution in [3.8, 4) is 5.75 Å². The molecule has 9 heteroatoms. The Morgan fingerprint density at radius 3 is 2.14 bits per heavy atom. The third kappa shape index (κ3) is 6.88. The number of rotatable bonds is 9. The van der Waals surface area contributed by atoms with E-state index in [1.54, 1.807) is 24.1 Å². The Labute approximate surface area is 170 Å². The lowest BCUT2D eigenvalue weighted by Crippen LogP contribution is -2.31. The molecule has 0 aliphatic rings. The van der Waals surface area contributed by atoms with E-state index < -0.39 is 10.1 Å². The Kier molecular flexibility index (Phi) is 7.74. The van der Waals surface area contributed by atoms with Gasteiger partial charge in [0.05, 0.1) is 6.61 Å². The molecule has 0 aliphatic heterocycles. The number of nitrogens with zero attached hydrogens (tertiary/aromatic N) is 1. The first kappa shape index (κ1) is 22.4. The van der Waals surface area contributed by atoms with Crippen molar-refractivity contribution in [2.24, 2.45) is 0 Å². The van der Waals surface area contributed by atoms with Gasteiger partial charge in [0.2, 0.25) is 11.8 Å². The monoisotopic (exact) mass is 420 g/mol. The molecule has 29 heavy (non-hydrogen) atoms. The van der Waals surface area contributed by atoms with E-state index in [0.29, 0.717) is 25.4 Å². The molecule has 0 fully saturated rings. The van der Waals surface area contributed by atoms with E-state index in [0.717, 1.165) is 5.56 Å². The minimum Gasteiger partial charge on any atom is -0.383 e. The summed E-state index contributed by atoms with van der Waals surface area (Å²) < 4.78 is 35.0. The molecule has 0 aromatic heterocycles. The van der Waals surface area contributed by atoms with Gasteiger partial charge in [0.15, 0.2) is 0 Å². The van der Waals surface area contributed by atoms with Crippen LogP contribution in [0.2, 0.25) is 0 Å². The Hall–Kier alpha value is -2.91. The number of hydrogen-bond acceptors (Lipinski definition) is 6. The molecule has 0 heterocycles. The summed E-state index contributed by atoms with van der Waals surface area (Å²) in [6, 6.07) is 12.2. The summed E-state index contributed by atoms with van der Waals surface area (Å²) in [6.07, 6.45) is 0. The number of carbonyl (C=O) groups is 2. The number of carbonyl (C=O) groups excluding carboxylic acids is 2. The average molecular weight is 420 g/mol. The maximum atomic E-state index is 12.4.